The Morgan fingerprint density at radius 3 is 2.33 bits per heavy atom. The molecule has 0 N–H and O–H groups in total. The summed E-state index contributed by atoms with van der Waals surface area (Å²) in [6, 6.07) is 0. The minimum Gasteiger partial charge on any atom is -0.550 e. The molecule has 0 aliphatic heterocycles. The highest BCUT2D eigenvalue weighted by molar-refractivity contribution is 5.70. The summed E-state index contributed by atoms with van der Waals surface area (Å²) >= 11 is 0. The Kier molecular flexibility index (Phi) is 4.76. The third-order valence-electron chi connectivity index (χ3n) is 1.48. The second kappa shape index (κ2) is 5.35. The Morgan fingerprint density at radius 2 is 2.00 bits per heavy atom. The zero-order valence-electron chi connectivity index (χ0n) is 6.62. The van der Waals surface area contributed by atoms with Crippen LogP contribution >= 0.6 is 0 Å². The van der Waals surface area contributed by atoms with Gasteiger partial charge in [0.05, 0.1) is 0 Å². The van der Waals surface area contributed by atoms with Gasteiger partial charge < -0.3 is 19.8 Å². The first-order valence-corrected chi connectivity index (χ1v) is 3.59. The Balaban J connectivity index is 3.86. The lowest BCUT2D eigenvalue weighted by atomic mass is 10.00. The van der Waals surface area contributed by atoms with Gasteiger partial charge in [-0.05, 0) is 19.3 Å². The molecule has 0 heterocycles. The van der Waals surface area contributed by atoms with E-state index in [-0.39, 0.29) is 19.3 Å². The van der Waals surface area contributed by atoms with E-state index >= 15 is 0 Å². The monoisotopic (exact) mass is 170 g/mol. The van der Waals surface area contributed by atoms with Gasteiger partial charge in [0, 0.05) is 17.9 Å². The smallest absolute Gasteiger partial charge is 0.0448 e. The van der Waals surface area contributed by atoms with E-state index < -0.39 is 17.9 Å². The van der Waals surface area contributed by atoms with E-state index in [9.17, 15) is 19.8 Å². The van der Waals surface area contributed by atoms with E-state index in [0.29, 0.717) is 0 Å². The summed E-state index contributed by atoms with van der Waals surface area (Å²) in [5.41, 5.74) is 0. The lowest BCUT2D eigenvalue weighted by Crippen LogP contribution is -2.32. The number of carboxylic acids is 2. The van der Waals surface area contributed by atoms with Crippen LogP contribution in [0.15, 0.2) is 12.7 Å². The van der Waals surface area contributed by atoms with Gasteiger partial charge in [0.2, 0.25) is 0 Å². The number of allylic oxidation sites excluding steroid dienone is 1. The molecule has 0 rings (SSSR count). The zero-order valence-corrected chi connectivity index (χ0v) is 6.62. The average Bonchev–Trinajstić information content (AvgIpc) is 1.96. The number of hydrogen-bond donors (Lipinski definition) is 0. The second-order valence-corrected chi connectivity index (χ2v) is 2.45. The molecule has 4 nitrogen and oxygen atoms in total. The number of carbonyl (C=O) groups excluding carboxylic acids is 2. The molecule has 0 saturated heterocycles. The summed E-state index contributed by atoms with van der Waals surface area (Å²) < 4.78 is 0. The van der Waals surface area contributed by atoms with Crippen LogP contribution in [-0.2, 0) is 9.59 Å². The van der Waals surface area contributed by atoms with Gasteiger partial charge in [0.25, 0.3) is 0 Å². The summed E-state index contributed by atoms with van der Waals surface area (Å²) in [6.07, 6.45) is 1.44. The fourth-order valence-electron chi connectivity index (χ4n) is 0.825. The molecule has 1 unspecified atom stereocenters. The normalized spacial score (nSPS) is 12.0. The maximum absolute atomic E-state index is 10.3. The lowest BCUT2D eigenvalue weighted by molar-refractivity contribution is -0.312. The number of aliphatic carboxylic acids is 2. The van der Waals surface area contributed by atoms with Crippen LogP contribution in [0.2, 0.25) is 0 Å². The molecule has 0 aliphatic carbocycles. The zero-order chi connectivity index (χ0) is 9.56. The van der Waals surface area contributed by atoms with Crippen molar-refractivity contribution in [3.63, 3.8) is 0 Å². The van der Waals surface area contributed by atoms with Crippen LogP contribution in [0, 0.1) is 5.92 Å². The summed E-state index contributed by atoms with van der Waals surface area (Å²) in [4.78, 5) is 20.3. The van der Waals surface area contributed by atoms with Gasteiger partial charge in [-0.2, -0.15) is 0 Å². The minimum absolute atomic E-state index is 0.0384. The summed E-state index contributed by atoms with van der Waals surface area (Å²) in [5.74, 6) is -3.25. The fourth-order valence-corrected chi connectivity index (χ4v) is 0.825. The third kappa shape index (κ3) is 4.49. The Hall–Kier alpha value is -1.32. The van der Waals surface area contributed by atoms with Crippen molar-refractivity contribution in [1.82, 2.24) is 0 Å². The molecule has 0 amide bonds. The van der Waals surface area contributed by atoms with E-state index in [1.165, 1.54) is 6.08 Å². The molecule has 0 aromatic carbocycles. The van der Waals surface area contributed by atoms with Crippen molar-refractivity contribution in [2.75, 3.05) is 0 Å². The summed E-state index contributed by atoms with van der Waals surface area (Å²) in [6.45, 7) is 3.36. The molecule has 0 bridgehead atoms. The van der Waals surface area contributed by atoms with Gasteiger partial charge >= 0.3 is 0 Å². The van der Waals surface area contributed by atoms with Crippen molar-refractivity contribution >= 4 is 11.9 Å². The van der Waals surface area contributed by atoms with Crippen LogP contribution in [0.4, 0.5) is 0 Å². The SMILES string of the molecule is C=CCC(CCC(=O)[O-])C(=O)[O-]. The highest BCUT2D eigenvalue weighted by atomic mass is 16.4. The number of carboxylic acid groups (broad SMARTS) is 2. The van der Waals surface area contributed by atoms with Gasteiger partial charge in [-0.15, -0.1) is 6.58 Å². The fraction of sp³-hybridized carbons (Fsp3) is 0.500. The molecule has 0 aliphatic rings. The number of carbonyl (C=O) groups is 2. The molecule has 0 radical (unpaired) electrons. The standard InChI is InChI=1S/C8H12O4/c1-2-3-6(8(11)12)4-5-7(9)10/h2,6H,1,3-5H2,(H,9,10)(H,11,12)/p-2. The van der Waals surface area contributed by atoms with Crippen LogP contribution in [0.3, 0.4) is 0 Å². The van der Waals surface area contributed by atoms with E-state index in [1.54, 1.807) is 0 Å². The van der Waals surface area contributed by atoms with Crippen LogP contribution in [-0.4, -0.2) is 11.9 Å². The Morgan fingerprint density at radius 1 is 1.42 bits per heavy atom. The van der Waals surface area contributed by atoms with E-state index in [2.05, 4.69) is 6.58 Å². The Labute approximate surface area is 70.5 Å². The highest BCUT2D eigenvalue weighted by Gasteiger charge is 2.07. The molecule has 4 heteroatoms. The highest BCUT2D eigenvalue weighted by Crippen LogP contribution is 2.10. The van der Waals surface area contributed by atoms with Crippen molar-refractivity contribution in [1.29, 1.82) is 0 Å². The Bertz CT molecular complexity index is 185. The van der Waals surface area contributed by atoms with E-state index in [4.69, 9.17) is 0 Å². The van der Waals surface area contributed by atoms with Gasteiger partial charge in [0.15, 0.2) is 0 Å². The average molecular weight is 170 g/mol. The van der Waals surface area contributed by atoms with Gasteiger partial charge in [-0.3, -0.25) is 0 Å². The van der Waals surface area contributed by atoms with Crippen molar-refractivity contribution in [2.24, 2.45) is 5.92 Å². The van der Waals surface area contributed by atoms with Gasteiger partial charge in [0.1, 0.15) is 0 Å². The van der Waals surface area contributed by atoms with Crippen LogP contribution in [0.1, 0.15) is 19.3 Å². The molecule has 0 fully saturated rings. The maximum atomic E-state index is 10.3. The molecule has 0 spiro atoms. The van der Waals surface area contributed by atoms with Crippen molar-refractivity contribution < 1.29 is 19.8 Å². The summed E-state index contributed by atoms with van der Waals surface area (Å²) in [7, 11) is 0. The number of rotatable bonds is 6. The second-order valence-electron chi connectivity index (χ2n) is 2.45. The molecule has 0 aromatic heterocycles. The molecular formula is C8H10O4-2. The van der Waals surface area contributed by atoms with Crippen molar-refractivity contribution in [2.45, 2.75) is 19.3 Å². The predicted molar refractivity (Wildman–Crippen MR) is 37.6 cm³/mol. The van der Waals surface area contributed by atoms with Gasteiger partial charge in [-0.25, -0.2) is 0 Å². The molecule has 1 atom stereocenters. The maximum Gasteiger partial charge on any atom is 0.0448 e. The van der Waals surface area contributed by atoms with E-state index in [1.807, 2.05) is 0 Å². The van der Waals surface area contributed by atoms with E-state index in [0.717, 1.165) is 0 Å². The first-order chi connectivity index (χ1) is 5.57. The largest absolute Gasteiger partial charge is 0.550 e. The first-order valence-electron chi connectivity index (χ1n) is 3.59. The summed E-state index contributed by atoms with van der Waals surface area (Å²) in [5, 5.41) is 20.3. The van der Waals surface area contributed by atoms with Crippen molar-refractivity contribution in [3.05, 3.63) is 12.7 Å². The third-order valence-corrected chi connectivity index (χ3v) is 1.48. The van der Waals surface area contributed by atoms with Gasteiger partial charge in [-0.1, -0.05) is 6.08 Å². The first kappa shape index (κ1) is 10.7. The van der Waals surface area contributed by atoms with Crippen molar-refractivity contribution in [3.8, 4) is 0 Å². The molecule has 68 valence electrons. The molecule has 0 aromatic rings. The van der Waals surface area contributed by atoms with Crippen LogP contribution < -0.4 is 10.2 Å². The predicted octanol–water partition coefficient (Wildman–Crippen LogP) is -1.54. The molecule has 0 saturated carbocycles. The topological polar surface area (TPSA) is 80.3 Å². The van der Waals surface area contributed by atoms with Crippen LogP contribution in [0.5, 0.6) is 0 Å². The van der Waals surface area contributed by atoms with Crippen LogP contribution in [0.25, 0.3) is 0 Å². The molecular weight excluding hydrogens is 160 g/mol. The molecule has 12 heavy (non-hydrogen) atoms. The lowest BCUT2D eigenvalue weighted by Gasteiger charge is -2.15. The minimum atomic E-state index is -1.25. The quantitative estimate of drug-likeness (QED) is 0.452. The number of hydrogen-bond acceptors (Lipinski definition) is 4.